The van der Waals surface area contributed by atoms with Crippen molar-refractivity contribution in [3.8, 4) is 28.2 Å². The van der Waals surface area contributed by atoms with E-state index in [-0.39, 0.29) is 0 Å². The van der Waals surface area contributed by atoms with Gasteiger partial charge in [0.25, 0.3) is 0 Å². The number of rotatable bonds is 3. The van der Waals surface area contributed by atoms with E-state index in [9.17, 15) is 0 Å². The Bertz CT molecular complexity index is 989. The summed E-state index contributed by atoms with van der Waals surface area (Å²) in [6.45, 7) is 0. The maximum absolute atomic E-state index is 6.29. The van der Waals surface area contributed by atoms with E-state index < -0.39 is 0 Å². The summed E-state index contributed by atoms with van der Waals surface area (Å²) in [6, 6.07) is 24.5. The molecule has 24 heavy (non-hydrogen) atoms. The molecule has 118 valence electrons. The second-order valence-corrected chi connectivity index (χ2v) is 6.35. The van der Waals surface area contributed by atoms with Crippen molar-refractivity contribution in [1.82, 2.24) is 0 Å². The zero-order valence-electron chi connectivity index (χ0n) is 13.1. The van der Waals surface area contributed by atoms with Crippen LogP contribution in [0.3, 0.4) is 0 Å². The minimum absolute atomic E-state index is 0.715. The first-order chi connectivity index (χ1) is 11.8. The number of benzene rings is 3. The van der Waals surface area contributed by atoms with Gasteiger partial charge in [-0.3, -0.25) is 0 Å². The van der Waals surface area contributed by atoms with Crippen LogP contribution in [0.4, 0.5) is 0 Å². The Morgan fingerprint density at radius 2 is 1.42 bits per heavy atom. The van der Waals surface area contributed by atoms with Crippen LogP contribution in [0.25, 0.3) is 33.4 Å². The highest BCUT2D eigenvalue weighted by atomic mass is 79.9. The van der Waals surface area contributed by atoms with E-state index in [1.807, 2.05) is 42.5 Å². The number of fused-ring (bicyclic) bond motifs is 1. The Morgan fingerprint density at radius 1 is 0.792 bits per heavy atom. The zero-order valence-corrected chi connectivity index (χ0v) is 14.7. The van der Waals surface area contributed by atoms with Crippen LogP contribution in [0.15, 0.2) is 81.7 Å². The minimum Gasteiger partial charge on any atom is -0.492 e. The van der Waals surface area contributed by atoms with Crippen molar-refractivity contribution in [2.75, 3.05) is 7.11 Å². The maximum atomic E-state index is 6.29. The summed E-state index contributed by atoms with van der Waals surface area (Å²) < 4.78 is 12.7. The van der Waals surface area contributed by atoms with E-state index in [4.69, 9.17) is 9.15 Å². The van der Waals surface area contributed by atoms with E-state index in [2.05, 4.69) is 46.3 Å². The first-order valence-electron chi connectivity index (χ1n) is 7.69. The van der Waals surface area contributed by atoms with Crippen molar-refractivity contribution in [2.24, 2.45) is 0 Å². The fraction of sp³-hybridized carbons (Fsp3) is 0.0476. The second kappa shape index (κ2) is 6.17. The van der Waals surface area contributed by atoms with Crippen LogP contribution in [0.2, 0.25) is 0 Å². The third-order valence-corrected chi connectivity index (χ3v) is 4.69. The van der Waals surface area contributed by atoms with Crippen LogP contribution in [0, 0.1) is 0 Å². The van der Waals surface area contributed by atoms with Gasteiger partial charge in [-0.25, -0.2) is 0 Å². The summed E-state index contributed by atoms with van der Waals surface area (Å²) in [5.41, 5.74) is 4.01. The third-order valence-electron chi connectivity index (χ3n) is 4.07. The van der Waals surface area contributed by atoms with Gasteiger partial charge in [-0.2, -0.15) is 0 Å². The van der Waals surface area contributed by atoms with Crippen molar-refractivity contribution in [1.29, 1.82) is 0 Å². The highest BCUT2D eigenvalue weighted by Gasteiger charge is 2.21. The number of furan rings is 1. The van der Waals surface area contributed by atoms with Crippen molar-refractivity contribution in [3.05, 3.63) is 77.3 Å². The molecular weight excluding hydrogens is 364 g/mol. The summed E-state index contributed by atoms with van der Waals surface area (Å²) in [5, 5.41) is 1.04. The smallest absolute Gasteiger partial charge is 0.178 e. The van der Waals surface area contributed by atoms with Crippen LogP contribution in [0.5, 0.6) is 5.75 Å². The van der Waals surface area contributed by atoms with E-state index in [1.54, 1.807) is 7.11 Å². The molecule has 1 heterocycles. The SMILES string of the molecule is COc1c(Br)ccc2c(-c3ccccc3)c(-c3ccccc3)oc12. The molecule has 0 spiro atoms. The number of hydrogen-bond acceptors (Lipinski definition) is 2. The van der Waals surface area contributed by atoms with E-state index in [1.165, 1.54) is 0 Å². The quantitative estimate of drug-likeness (QED) is 0.403. The Labute approximate surface area is 148 Å². The minimum atomic E-state index is 0.715. The molecular formula is C21H15BrO2. The van der Waals surface area contributed by atoms with Gasteiger partial charge in [0, 0.05) is 16.5 Å². The van der Waals surface area contributed by atoms with Crippen LogP contribution >= 0.6 is 15.9 Å². The molecule has 0 amide bonds. The average Bonchev–Trinajstić information content (AvgIpc) is 3.02. The molecule has 0 saturated carbocycles. The van der Waals surface area contributed by atoms with Crippen LogP contribution in [-0.4, -0.2) is 7.11 Å². The van der Waals surface area contributed by atoms with Gasteiger partial charge in [-0.15, -0.1) is 0 Å². The first-order valence-corrected chi connectivity index (χ1v) is 8.48. The summed E-state index contributed by atoms with van der Waals surface area (Å²) in [4.78, 5) is 0. The predicted octanol–water partition coefficient (Wildman–Crippen LogP) is 6.54. The maximum Gasteiger partial charge on any atom is 0.178 e. The summed E-state index contributed by atoms with van der Waals surface area (Å²) in [7, 11) is 1.66. The van der Waals surface area contributed by atoms with E-state index >= 15 is 0 Å². The number of ether oxygens (including phenoxy) is 1. The lowest BCUT2D eigenvalue weighted by atomic mass is 9.98. The lowest BCUT2D eigenvalue weighted by molar-refractivity contribution is 0.408. The zero-order chi connectivity index (χ0) is 16.5. The Balaban J connectivity index is 2.11. The number of hydrogen-bond donors (Lipinski definition) is 0. The van der Waals surface area contributed by atoms with E-state index in [0.29, 0.717) is 5.75 Å². The normalized spacial score (nSPS) is 10.9. The Kier molecular flexibility index (Phi) is 3.87. The fourth-order valence-corrected chi connectivity index (χ4v) is 3.46. The highest BCUT2D eigenvalue weighted by molar-refractivity contribution is 9.10. The molecule has 4 rings (SSSR count). The average molecular weight is 379 g/mol. The number of methoxy groups -OCH3 is 1. The topological polar surface area (TPSA) is 22.4 Å². The van der Waals surface area contributed by atoms with Gasteiger partial charge in [0.05, 0.1) is 11.6 Å². The lowest BCUT2D eigenvalue weighted by Crippen LogP contribution is -1.85. The van der Waals surface area contributed by atoms with Gasteiger partial charge >= 0.3 is 0 Å². The molecule has 0 atom stereocenters. The lowest BCUT2D eigenvalue weighted by Gasteiger charge is -2.04. The summed E-state index contributed by atoms with van der Waals surface area (Å²) >= 11 is 3.54. The molecule has 2 nitrogen and oxygen atoms in total. The van der Waals surface area contributed by atoms with Crippen molar-refractivity contribution >= 4 is 26.9 Å². The molecule has 4 aromatic rings. The molecule has 3 heteroatoms. The standard InChI is InChI=1S/C21H15BrO2/c1-23-21-17(22)13-12-16-18(14-8-4-2-5-9-14)19(24-20(16)21)15-10-6-3-7-11-15/h2-13H,1H3. The highest BCUT2D eigenvalue weighted by Crippen LogP contribution is 2.45. The molecule has 0 bridgehead atoms. The molecule has 0 N–H and O–H groups in total. The van der Waals surface area contributed by atoms with Crippen LogP contribution in [0.1, 0.15) is 0 Å². The molecule has 0 fully saturated rings. The molecule has 0 aliphatic rings. The Morgan fingerprint density at radius 3 is 2.04 bits per heavy atom. The monoisotopic (exact) mass is 378 g/mol. The van der Waals surface area contributed by atoms with Crippen LogP contribution < -0.4 is 4.74 Å². The third kappa shape index (κ3) is 2.42. The number of halogens is 1. The summed E-state index contributed by atoms with van der Waals surface area (Å²) in [6.07, 6.45) is 0. The van der Waals surface area contributed by atoms with Crippen molar-refractivity contribution < 1.29 is 9.15 Å². The second-order valence-electron chi connectivity index (χ2n) is 5.50. The molecule has 1 aromatic heterocycles. The van der Waals surface area contributed by atoms with Gasteiger partial charge < -0.3 is 9.15 Å². The van der Waals surface area contributed by atoms with Gasteiger partial charge in [0.15, 0.2) is 11.3 Å². The molecule has 0 unspecified atom stereocenters. The largest absolute Gasteiger partial charge is 0.492 e. The predicted molar refractivity (Wildman–Crippen MR) is 101 cm³/mol. The molecule has 0 aliphatic heterocycles. The van der Waals surface area contributed by atoms with Crippen molar-refractivity contribution in [2.45, 2.75) is 0 Å². The van der Waals surface area contributed by atoms with Gasteiger partial charge in [0.2, 0.25) is 0 Å². The molecule has 0 radical (unpaired) electrons. The Hall–Kier alpha value is -2.52. The van der Waals surface area contributed by atoms with Crippen molar-refractivity contribution in [3.63, 3.8) is 0 Å². The molecule has 0 aliphatic carbocycles. The van der Waals surface area contributed by atoms with Gasteiger partial charge in [0.1, 0.15) is 5.76 Å². The van der Waals surface area contributed by atoms with E-state index in [0.717, 1.165) is 37.9 Å². The fourth-order valence-electron chi connectivity index (χ4n) is 2.99. The summed E-state index contributed by atoms with van der Waals surface area (Å²) in [5.74, 6) is 1.57. The van der Waals surface area contributed by atoms with Gasteiger partial charge in [-0.05, 0) is 33.6 Å². The first kappa shape index (κ1) is 15.0. The van der Waals surface area contributed by atoms with Gasteiger partial charge in [-0.1, -0.05) is 60.7 Å². The van der Waals surface area contributed by atoms with Crippen LogP contribution in [-0.2, 0) is 0 Å². The molecule has 3 aromatic carbocycles. The molecule has 0 saturated heterocycles.